The molecule has 5 heteroatoms. The third kappa shape index (κ3) is 2.28. The fourth-order valence-corrected chi connectivity index (χ4v) is 1.48. The second-order valence-corrected chi connectivity index (χ2v) is 3.48. The predicted molar refractivity (Wildman–Crippen MR) is 62.2 cm³/mol. The molecule has 0 radical (unpaired) electrons. The molecule has 0 saturated carbocycles. The number of nitrogens with zero attached hydrogens (tertiary/aromatic N) is 1. The van der Waals surface area contributed by atoms with Gasteiger partial charge in [0.25, 0.3) is 5.91 Å². The number of hydrogen-bond acceptors (Lipinski definition) is 4. The molecule has 0 unspecified atom stereocenters. The number of aromatic nitrogens is 1. The third-order valence-corrected chi connectivity index (χ3v) is 2.35. The minimum absolute atomic E-state index is 0.162. The predicted octanol–water partition coefficient (Wildman–Crippen LogP) is 2.24. The van der Waals surface area contributed by atoms with Gasteiger partial charge in [-0.3, -0.25) is 4.79 Å². The molecule has 0 aliphatic rings. The summed E-state index contributed by atoms with van der Waals surface area (Å²) < 4.78 is 9.96. The van der Waals surface area contributed by atoms with Crippen LogP contribution in [0.4, 0.5) is 5.69 Å². The molecule has 0 atom stereocenters. The summed E-state index contributed by atoms with van der Waals surface area (Å²) in [6.45, 7) is 1.89. The highest BCUT2D eigenvalue weighted by molar-refractivity contribution is 6.03. The van der Waals surface area contributed by atoms with Crippen LogP contribution in [0.1, 0.15) is 16.1 Å². The van der Waals surface area contributed by atoms with Crippen molar-refractivity contribution in [2.45, 2.75) is 6.92 Å². The van der Waals surface area contributed by atoms with Crippen molar-refractivity contribution >= 4 is 11.6 Å². The summed E-state index contributed by atoms with van der Waals surface area (Å²) in [5, 5.41) is 6.22. The first-order valence-electron chi connectivity index (χ1n) is 5.08. The molecule has 0 aliphatic heterocycles. The Morgan fingerprint density at radius 1 is 1.41 bits per heavy atom. The number of aryl methyl sites for hydroxylation is 1. The zero-order chi connectivity index (χ0) is 12.3. The average molecular weight is 232 g/mol. The Morgan fingerprint density at radius 3 is 2.88 bits per heavy atom. The highest BCUT2D eigenvalue weighted by atomic mass is 16.5. The number of para-hydroxylation sites is 1. The van der Waals surface area contributed by atoms with Crippen LogP contribution in [0.5, 0.6) is 5.75 Å². The number of hydrogen-bond donors (Lipinski definition) is 1. The molecule has 1 amide bonds. The van der Waals surface area contributed by atoms with Gasteiger partial charge in [0.05, 0.1) is 19.0 Å². The highest BCUT2D eigenvalue weighted by Gasteiger charge is 2.14. The number of rotatable bonds is 3. The summed E-state index contributed by atoms with van der Waals surface area (Å²) in [5.41, 5.74) is 1.55. The molecule has 1 aromatic carbocycles. The summed E-state index contributed by atoms with van der Waals surface area (Å²) in [6.07, 6.45) is 1.42. The van der Waals surface area contributed by atoms with Crippen molar-refractivity contribution in [3.63, 3.8) is 0 Å². The monoisotopic (exact) mass is 232 g/mol. The van der Waals surface area contributed by atoms with E-state index in [4.69, 9.17) is 9.26 Å². The van der Waals surface area contributed by atoms with E-state index >= 15 is 0 Å². The van der Waals surface area contributed by atoms with Crippen LogP contribution in [-0.4, -0.2) is 18.2 Å². The normalized spacial score (nSPS) is 10.0. The third-order valence-electron chi connectivity index (χ3n) is 2.35. The largest absolute Gasteiger partial charge is 0.495 e. The van der Waals surface area contributed by atoms with Crippen molar-refractivity contribution in [2.24, 2.45) is 0 Å². The van der Waals surface area contributed by atoms with Crippen molar-refractivity contribution < 1.29 is 14.1 Å². The molecule has 17 heavy (non-hydrogen) atoms. The second kappa shape index (κ2) is 4.69. The summed E-state index contributed by atoms with van der Waals surface area (Å²) in [7, 11) is 1.55. The molecular formula is C12H12N2O3. The van der Waals surface area contributed by atoms with Gasteiger partial charge in [0.2, 0.25) is 5.76 Å². The summed E-state index contributed by atoms with van der Waals surface area (Å²) in [6, 6.07) is 7.03. The number of carbonyl (C=O) groups excluding carboxylic acids is 1. The Kier molecular flexibility index (Phi) is 3.09. The van der Waals surface area contributed by atoms with E-state index in [-0.39, 0.29) is 11.7 Å². The van der Waals surface area contributed by atoms with Crippen LogP contribution in [0.15, 0.2) is 35.0 Å². The first-order valence-corrected chi connectivity index (χ1v) is 5.08. The maximum atomic E-state index is 11.8. The Morgan fingerprint density at radius 2 is 2.24 bits per heavy atom. The van der Waals surface area contributed by atoms with Crippen molar-refractivity contribution in [1.82, 2.24) is 5.16 Å². The van der Waals surface area contributed by atoms with Gasteiger partial charge in [0, 0.05) is 6.07 Å². The molecule has 0 saturated heterocycles. The zero-order valence-corrected chi connectivity index (χ0v) is 9.56. The van der Waals surface area contributed by atoms with E-state index in [9.17, 15) is 4.79 Å². The fourth-order valence-electron chi connectivity index (χ4n) is 1.48. The van der Waals surface area contributed by atoms with Crippen molar-refractivity contribution in [2.75, 3.05) is 12.4 Å². The molecule has 5 nitrogen and oxygen atoms in total. The first-order chi connectivity index (χ1) is 8.22. The molecule has 0 fully saturated rings. The van der Waals surface area contributed by atoms with Crippen molar-refractivity contribution in [3.05, 3.63) is 41.8 Å². The maximum Gasteiger partial charge on any atom is 0.294 e. The van der Waals surface area contributed by atoms with Crippen LogP contribution in [0.2, 0.25) is 0 Å². The number of benzene rings is 1. The number of anilines is 1. The SMILES string of the molecule is COc1cccc(C)c1NC(=O)c1ccno1. The second-order valence-electron chi connectivity index (χ2n) is 3.48. The van der Waals surface area contributed by atoms with Crippen molar-refractivity contribution in [1.29, 1.82) is 0 Å². The molecule has 1 aromatic heterocycles. The van der Waals surface area contributed by atoms with E-state index in [0.717, 1.165) is 5.56 Å². The Hall–Kier alpha value is -2.30. The maximum absolute atomic E-state index is 11.8. The van der Waals surface area contributed by atoms with Gasteiger partial charge in [-0.25, -0.2) is 0 Å². The number of nitrogens with one attached hydrogen (secondary N) is 1. The average Bonchev–Trinajstić information content (AvgIpc) is 2.85. The van der Waals surface area contributed by atoms with Gasteiger partial charge in [-0.2, -0.15) is 0 Å². The lowest BCUT2D eigenvalue weighted by molar-refractivity contribution is 0.0987. The van der Waals surface area contributed by atoms with Crippen LogP contribution < -0.4 is 10.1 Å². The fraction of sp³-hybridized carbons (Fsp3) is 0.167. The number of carbonyl (C=O) groups is 1. The quantitative estimate of drug-likeness (QED) is 0.881. The number of amides is 1. The first kappa shape index (κ1) is 11.2. The lowest BCUT2D eigenvalue weighted by Gasteiger charge is -2.11. The minimum Gasteiger partial charge on any atom is -0.495 e. The van der Waals surface area contributed by atoms with Crippen LogP contribution >= 0.6 is 0 Å². The molecule has 2 rings (SSSR count). The molecule has 2 aromatic rings. The lowest BCUT2D eigenvalue weighted by atomic mass is 10.2. The smallest absolute Gasteiger partial charge is 0.294 e. The molecule has 0 aliphatic carbocycles. The molecule has 1 heterocycles. The number of methoxy groups -OCH3 is 1. The van der Waals surface area contributed by atoms with Crippen LogP contribution in [0.25, 0.3) is 0 Å². The summed E-state index contributed by atoms with van der Waals surface area (Å²) >= 11 is 0. The van der Waals surface area contributed by atoms with Gasteiger partial charge in [-0.15, -0.1) is 0 Å². The van der Waals surface area contributed by atoms with Gasteiger partial charge in [-0.1, -0.05) is 17.3 Å². The van der Waals surface area contributed by atoms with Gasteiger partial charge in [0.15, 0.2) is 0 Å². The molecular weight excluding hydrogens is 220 g/mol. The van der Waals surface area contributed by atoms with Crippen LogP contribution in [-0.2, 0) is 0 Å². The van der Waals surface area contributed by atoms with E-state index in [2.05, 4.69) is 10.5 Å². The molecule has 1 N–H and O–H groups in total. The van der Waals surface area contributed by atoms with Gasteiger partial charge >= 0.3 is 0 Å². The van der Waals surface area contributed by atoms with E-state index in [1.54, 1.807) is 13.2 Å². The number of ether oxygens (including phenoxy) is 1. The summed E-state index contributed by atoms with van der Waals surface area (Å²) in [5.74, 6) is 0.420. The van der Waals surface area contributed by atoms with E-state index in [1.165, 1.54) is 12.3 Å². The standard InChI is InChI=1S/C12H12N2O3/c1-8-4-3-5-9(16-2)11(8)14-12(15)10-6-7-13-17-10/h3-7H,1-2H3,(H,14,15). The highest BCUT2D eigenvalue weighted by Crippen LogP contribution is 2.27. The molecule has 88 valence electrons. The van der Waals surface area contributed by atoms with Gasteiger partial charge in [-0.05, 0) is 18.6 Å². The Bertz CT molecular complexity index is 521. The topological polar surface area (TPSA) is 64.4 Å². The zero-order valence-electron chi connectivity index (χ0n) is 9.56. The van der Waals surface area contributed by atoms with Gasteiger partial charge in [0.1, 0.15) is 5.75 Å². The molecule has 0 spiro atoms. The van der Waals surface area contributed by atoms with E-state index in [1.807, 2.05) is 19.1 Å². The van der Waals surface area contributed by atoms with Crippen LogP contribution in [0, 0.1) is 6.92 Å². The van der Waals surface area contributed by atoms with Gasteiger partial charge < -0.3 is 14.6 Å². The van der Waals surface area contributed by atoms with Crippen LogP contribution in [0.3, 0.4) is 0 Å². The Labute approximate surface area is 98.4 Å². The Balaban J connectivity index is 2.27. The van der Waals surface area contributed by atoms with E-state index < -0.39 is 0 Å². The minimum atomic E-state index is -0.352. The van der Waals surface area contributed by atoms with E-state index in [0.29, 0.717) is 11.4 Å². The molecule has 0 bridgehead atoms. The summed E-state index contributed by atoms with van der Waals surface area (Å²) in [4.78, 5) is 11.8. The van der Waals surface area contributed by atoms with Crippen molar-refractivity contribution in [3.8, 4) is 5.75 Å². The lowest BCUT2D eigenvalue weighted by Crippen LogP contribution is -2.12.